The second-order valence-electron chi connectivity index (χ2n) is 5.25. The van der Waals surface area contributed by atoms with Crippen LogP contribution in [0.25, 0.3) is 0 Å². The number of hydrogen-bond donors (Lipinski definition) is 1. The number of nitrogens with two attached hydrogens (primary N) is 1. The Morgan fingerprint density at radius 1 is 1.50 bits per heavy atom. The minimum absolute atomic E-state index is 0.135. The van der Waals surface area contributed by atoms with Crippen LogP contribution in [0.1, 0.15) is 27.2 Å². The number of nitrogens with zero attached hydrogens (tertiary/aromatic N) is 2. The molecule has 94 valence electrons. The third kappa shape index (κ3) is 2.95. The average molecular weight is 227 g/mol. The van der Waals surface area contributed by atoms with E-state index >= 15 is 0 Å². The Morgan fingerprint density at radius 3 is 2.62 bits per heavy atom. The summed E-state index contributed by atoms with van der Waals surface area (Å²) in [6, 6.07) is 0.192. The third-order valence-corrected chi connectivity index (χ3v) is 3.32. The Kier molecular flexibility index (Phi) is 4.74. The molecule has 1 aliphatic rings. The van der Waals surface area contributed by atoms with E-state index in [1.54, 1.807) is 0 Å². The first-order valence-electron chi connectivity index (χ1n) is 6.18. The summed E-state index contributed by atoms with van der Waals surface area (Å²) in [6.07, 6.45) is 1.03. The maximum atomic E-state index is 12.3. The minimum atomic E-state index is -0.135. The van der Waals surface area contributed by atoms with Gasteiger partial charge in [-0.3, -0.25) is 9.69 Å². The quantitative estimate of drug-likeness (QED) is 0.765. The molecule has 1 heterocycles. The highest BCUT2D eigenvalue weighted by Crippen LogP contribution is 2.16. The van der Waals surface area contributed by atoms with Crippen molar-refractivity contribution >= 4 is 5.91 Å². The molecule has 0 radical (unpaired) electrons. The fourth-order valence-corrected chi connectivity index (χ4v) is 2.24. The zero-order valence-corrected chi connectivity index (χ0v) is 10.9. The molecule has 0 aromatic rings. The zero-order valence-electron chi connectivity index (χ0n) is 10.9. The van der Waals surface area contributed by atoms with E-state index in [1.807, 2.05) is 11.9 Å². The van der Waals surface area contributed by atoms with Crippen molar-refractivity contribution in [2.75, 3.05) is 26.7 Å². The average Bonchev–Trinajstić information content (AvgIpc) is 2.30. The highest BCUT2D eigenvalue weighted by molar-refractivity contribution is 5.82. The lowest BCUT2D eigenvalue weighted by Gasteiger charge is -2.31. The van der Waals surface area contributed by atoms with E-state index in [0.29, 0.717) is 18.5 Å². The Hall–Kier alpha value is -0.610. The van der Waals surface area contributed by atoms with E-state index in [4.69, 9.17) is 5.73 Å². The smallest absolute Gasteiger partial charge is 0.241 e. The molecule has 1 rings (SSSR count). The SMILES string of the molecule is CC(C)CN1C(=O)C(CN)N(C)CCC1C. The molecule has 1 amide bonds. The van der Waals surface area contributed by atoms with Gasteiger partial charge >= 0.3 is 0 Å². The highest BCUT2D eigenvalue weighted by Gasteiger charge is 2.33. The van der Waals surface area contributed by atoms with E-state index < -0.39 is 0 Å². The molecule has 0 aromatic heterocycles. The van der Waals surface area contributed by atoms with Crippen LogP contribution in [0.5, 0.6) is 0 Å². The maximum Gasteiger partial charge on any atom is 0.241 e. The summed E-state index contributed by atoms with van der Waals surface area (Å²) in [7, 11) is 1.99. The van der Waals surface area contributed by atoms with Gasteiger partial charge in [0.2, 0.25) is 5.91 Å². The van der Waals surface area contributed by atoms with Gasteiger partial charge in [-0.2, -0.15) is 0 Å². The number of carbonyl (C=O) groups is 1. The Balaban J connectivity index is 2.82. The number of likely N-dealkylation sites (N-methyl/N-ethyl adjacent to an activating group) is 1. The summed E-state index contributed by atoms with van der Waals surface area (Å²) in [5.74, 6) is 0.705. The number of amides is 1. The van der Waals surface area contributed by atoms with Crippen LogP contribution in [-0.4, -0.2) is 54.5 Å². The lowest BCUT2D eigenvalue weighted by atomic mass is 10.1. The van der Waals surface area contributed by atoms with Crippen molar-refractivity contribution in [3.8, 4) is 0 Å². The standard InChI is InChI=1S/C12H25N3O/c1-9(2)8-15-10(3)5-6-14(4)11(7-13)12(15)16/h9-11H,5-8,13H2,1-4H3. The molecule has 16 heavy (non-hydrogen) atoms. The normalized spacial score (nSPS) is 28.6. The van der Waals surface area contributed by atoms with Gasteiger partial charge in [0.25, 0.3) is 0 Å². The van der Waals surface area contributed by atoms with Gasteiger partial charge in [-0.15, -0.1) is 0 Å². The van der Waals surface area contributed by atoms with Gasteiger partial charge in [-0.05, 0) is 26.3 Å². The molecule has 0 aliphatic carbocycles. The van der Waals surface area contributed by atoms with Gasteiger partial charge in [0.1, 0.15) is 6.04 Å². The van der Waals surface area contributed by atoms with E-state index in [2.05, 4.69) is 25.7 Å². The monoisotopic (exact) mass is 227 g/mol. The van der Waals surface area contributed by atoms with Gasteiger partial charge < -0.3 is 10.6 Å². The lowest BCUT2D eigenvalue weighted by Crippen LogP contribution is -2.50. The molecule has 0 saturated carbocycles. The van der Waals surface area contributed by atoms with E-state index in [-0.39, 0.29) is 11.9 Å². The summed E-state index contributed by atoms with van der Waals surface area (Å²) in [5, 5.41) is 0. The zero-order chi connectivity index (χ0) is 12.3. The Morgan fingerprint density at radius 2 is 2.12 bits per heavy atom. The minimum Gasteiger partial charge on any atom is -0.338 e. The van der Waals surface area contributed by atoms with Crippen LogP contribution in [0, 0.1) is 5.92 Å². The molecule has 0 bridgehead atoms. The number of carbonyl (C=O) groups excluding carboxylic acids is 1. The second kappa shape index (κ2) is 5.64. The van der Waals surface area contributed by atoms with E-state index in [1.165, 1.54) is 0 Å². The van der Waals surface area contributed by atoms with E-state index in [0.717, 1.165) is 19.5 Å². The predicted molar refractivity (Wildman–Crippen MR) is 66.1 cm³/mol. The molecule has 2 unspecified atom stereocenters. The van der Waals surface area contributed by atoms with Crippen LogP contribution in [0.15, 0.2) is 0 Å². The fourth-order valence-electron chi connectivity index (χ4n) is 2.24. The number of hydrogen-bond acceptors (Lipinski definition) is 3. The molecule has 1 fully saturated rings. The molecule has 2 atom stereocenters. The van der Waals surface area contributed by atoms with Crippen LogP contribution >= 0.6 is 0 Å². The highest BCUT2D eigenvalue weighted by atomic mass is 16.2. The van der Waals surface area contributed by atoms with Crippen molar-refractivity contribution in [1.82, 2.24) is 9.80 Å². The summed E-state index contributed by atoms with van der Waals surface area (Å²) < 4.78 is 0. The van der Waals surface area contributed by atoms with Gasteiger partial charge in [0.15, 0.2) is 0 Å². The summed E-state index contributed by atoms with van der Waals surface area (Å²) in [6.45, 7) is 8.62. The molecule has 1 saturated heterocycles. The summed E-state index contributed by atoms with van der Waals surface area (Å²) in [5.41, 5.74) is 5.70. The van der Waals surface area contributed by atoms with Gasteiger partial charge in [-0.25, -0.2) is 0 Å². The second-order valence-corrected chi connectivity index (χ2v) is 5.25. The maximum absolute atomic E-state index is 12.3. The fraction of sp³-hybridized carbons (Fsp3) is 0.917. The van der Waals surface area contributed by atoms with Crippen molar-refractivity contribution in [2.45, 2.75) is 39.3 Å². The first-order valence-corrected chi connectivity index (χ1v) is 6.18. The Labute approximate surface area is 98.8 Å². The summed E-state index contributed by atoms with van der Waals surface area (Å²) in [4.78, 5) is 16.4. The molecule has 0 spiro atoms. The van der Waals surface area contributed by atoms with Crippen molar-refractivity contribution in [3.05, 3.63) is 0 Å². The van der Waals surface area contributed by atoms with Gasteiger partial charge in [0, 0.05) is 25.7 Å². The molecule has 4 heteroatoms. The van der Waals surface area contributed by atoms with Crippen LogP contribution in [-0.2, 0) is 4.79 Å². The van der Waals surface area contributed by atoms with Gasteiger partial charge in [-0.1, -0.05) is 13.8 Å². The molecule has 0 aromatic carbocycles. The van der Waals surface area contributed by atoms with Crippen LogP contribution in [0.4, 0.5) is 0 Å². The van der Waals surface area contributed by atoms with Crippen LogP contribution in [0.2, 0.25) is 0 Å². The molecular weight excluding hydrogens is 202 g/mol. The van der Waals surface area contributed by atoms with Crippen molar-refractivity contribution in [2.24, 2.45) is 11.7 Å². The Bertz CT molecular complexity index is 242. The molecular formula is C12H25N3O. The van der Waals surface area contributed by atoms with Crippen LogP contribution in [0.3, 0.4) is 0 Å². The van der Waals surface area contributed by atoms with Crippen molar-refractivity contribution in [1.29, 1.82) is 0 Å². The topological polar surface area (TPSA) is 49.6 Å². The largest absolute Gasteiger partial charge is 0.338 e. The van der Waals surface area contributed by atoms with Crippen molar-refractivity contribution < 1.29 is 4.79 Å². The first-order chi connectivity index (χ1) is 7.47. The lowest BCUT2D eigenvalue weighted by molar-refractivity contribution is -0.136. The predicted octanol–water partition coefficient (Wildman–Crippen LogP) is 0.522. The van der Waals surface area contributed by atoms with E-state index in [9.17, 15) is 4.79 Å². The van der Waals surface area contributed by atoms with Gasteiger partial charge in [0.05, 0.1) is 0 Å². The third-order valence-electron chi connectivity index (χ3n) is 3.32. The number of rotatable bonds is 3. The molecule has 4 nitrogen and oxygen atoms in total. The summed E-state index contributed by atoms with van der Waals surface area (Å²) >= 11 is 0. The first kappa shape index (κ1) is 13.5. The molecule has 1 aliphatic heterocycles. The van der Waals surface area contributed by atoms with Crippen LogP contribution < -0.4 is 5.73 Å². The van der Waals surface area contributed by atoms with Crippen molar-refractivity contribution in [3.63, 3.8) is 0 Å². The molecule has 2 N–H and O–H groups in total.